The van der Waals surface area contributed by atoms with Crippen LogP contribution in [0.25, 0.3) is 0 Å². The van der Waals surface area contributed by atoms with Crippen molar-refractivity contribution in [2.75, 3.05) is 5.73 Å². The van der Waals surface area contributed by atoms with E-state index >= 15 is 0 Å². The number of benzene rings is 1. The van der Waals surface area contributed by atoms with Gasteiger partial charge < -0.3 is 5.73 Å². The quantitative estimate of drug-likeness (QED) is 0.825. The van der Waals surface area contributed by atoms with E-state index in [0.29, 0.717) is 22.0 Å². The number of nitrogens with zero attached hydrogens (tertiary/aromatic N) is 3. The van der Waals surface area contributed by atoms with E-state index in [1.54, 1.807) is 24.0 Å². The van der Waals surface area contributed by atoms with Crippen LogP contribution in [0.5, 0.6) is 0 Å². The molecule has 0 aliphatic rings. The Labute approximate surface area is 102 Å². The van der Waals surface area contributed by atoms with Crippen LogP contribution in [0.2, 0.25) is 0 Å². The molecule has 0 bridgehead atoms. The third kappa shape index (κ3) is 2.71. The fourth-order valence-electron chi connectivity index (χ4n) is 1.51. The number of anilines is 1. The van der Waals surface area contributed by atoms with Crippen molar-refractivity contribution < 1.29 is 4.21 Å². The Hall–Kier alpha value is -1.69. The molecule has 0 saturated carbocycles. The zero-order valence-corrected chi connectivity index (χ0v) is 10.6. The first-order valence-corrected chi connectivity index (χ1v) is 6.48. The zero-order valence-electron chi connectivity index (χ0n) is 9.75. The summed E-state index contributed by atoms with van der Waals surface area (Å²) in [6.07, 6.45) is 1.75. The van der Waals surface area contributed by atoms with Gasteiger partial charge in [0.2, 0.25) is 0 Å². The lowest BCUT2D eigenvalue weighted by Crippen LogP contribution is -2.01. The van der Waals surface area contributed by atoms with Crippen LogP contribution < -0.4 is 5.73 Å². The summed E-state index contributed by atoms with van der Waals surface area (Å²) in [6, 6.07) is 5.53. The molecule has 2 N–H and O–H groups in total. The number of hydrogen-bond donors (Lipinski definition) is 1. The molecule has 0 aliphatic carbocycles. The van der Waals surface area contributed by atoms with Crippen LogP contribution >= 0.6 is 0 Å². The van der Waals surface area contributed by atoms with E-state index in [-0.39, 0.29) is 0 Å². The van der Waals surface area contributed by atoms with Crippen LogP contribution in [0.3, 0.4) is 0 Å². The van der Waals surface area contributed by atoms with Gasteiger partial charge >= 0.3 is 0 Å². The average molecular weight is 250 g/mol. The number of aromatic nitrogens is 3. The van der Waals surface area contributed by atoms with Gasteiger partial charge in [-0.2, -0.15) is 0 Å². The normalized spacial score (nSPS) is 12.6. The Morgan fingerprint density at radius 3 is 2.88 bits per heavy atom. The molecule has 0 fully saturated rings. The van der Waals surface area contributed by atoms with Crippen molar-refractivity contribution in [2.45, 2.75) is 17.6 Å². The zero-order chi connectivity index (χ0) is 12.4. The fourth-order valence-corrected chi connectivity index (χ4v) is 2.72. The highest BCUT2D eigenvalue weighted by atomic mass is 32.2. The minimum atomic E-state index is -1.18. The van der Waals surface area contributed by atoms with Crippen LogP contribution in [0, 0.1) is 6.92 Å². The molecule has 6 heteroatoms. The van der Waals surface area contributed by atoms with Crippen LogP contribution in [-0.4, -0.2) is 19.2 Å². The molecule has 0 radical (unpaired) electrons. The summed E-state index contributed by atoms with van der Waals surface area (Å²) in [6.45, 7) is 1.95. The van der Waals surface area contributed by atoms with Gasteiger partial charge in [-0.15, -0.1) is 5.10 Å². The van der Waals surface area contributed by atoms with Gasteiger partial charge in [0, 0.05) is 18.9 Å². The predicted molar refractivity (Wildman–Crippen MR) is 66.7 cm³/mol. The van der Waals surface area contributed by atoms with E-state index in [9.17, 15) is 4.21 Å². The van der Waals surface area contributed by atoms with Crippen LogP contribution in [0.15, 0.2) is 29.3 Å². The minimum absolute atomic E-state index is 0.335. The summed E-state index contributed by atoms with van der Waals surface area (Å²) in [5.74, 6) is 0.335. The second kappa shape index (κ2) is 4.67. The molecule has 0 amide bonds. The van der Waals surface area contributed by atoms with Gasteiger partial charge in [-0.05, 0) is 24.6 Å². The predicted octanol–water partition coefficient (Wildman–Crippen LogP) is 1.01. The van der Waals surface area contributed by atoms with Crippen molar-refractivity contribution >= 4 is 16.5 Å². The number of hydrogen-bond acceptors (Lipinski definition) is 4. The molecule has 2 rings (SSSR count). The summed E-state index contributed by atoms with van der Waals surface area (Å²) < 4.78 is 13.7. The first kappa shape index (κ1) is 11.8. The molecule has 2 aromatic rings. The maximum atomic E-state index is 12.2. The Morgan fingerprint density at radius 1 is 1.47 bits per heavy atom. The molecule has 1 atom stereocenters. The van der Waals surface area contributed by atoms with Crippen molar-refractivity contribution in [1.82, 2.24) is 15.0 Å². The molecule has 17 heavy (non-hydrogen) atoms. The fraction of sp³-hybridized carbons (Fsp3) is 0.273. The van der Waals surface area contributed by atoms with Crippen molar-refractivity contribution in [1.29, 1.82) is 0 Å². The Kier molecular flexibility index (Phi) is 3.23. The van der Waals surface area contributed by atoms with Gasteiger partial charge in [-0.3, -0.25) is 8.89 Å². The maximum absolute atomic E-state index is 12.2. The van der Waals surface area contributed by atoms with Crippen molar-refractivity contribution in [3.05, 3.63) is 35.7 Å². The smallest absolute Gasteiger partial charge is 0.0955 e. The highest BCUT2D eigenvalue weighted by Gasteiger charge is 2.11. The van der Waals surface area contributed by atoms with Gasteiger partial charge in [0.05, 0.1) is 27.1 Å². The number of nitrogens with two attached hydrogens (primary N) is 1. The van der Waals surface area contributed by atoms with Gasteiger partial charge in [0.1, 0.15) is 0 Å². The molecular formula is C11H14N4OS. The lowest BCUT2D eigenvalue weighted by molar-refractivity contribution is 0.682. The van der Waals surface area contributed by atoms with Gasteiger partial charge in [0.25, 0.3) is 0 Å². The second-order valence-electron chi connectivity index (χ2n) is 3.91. The van der Waals surface area contributed by atoms with Crippen molar-refractivity contribution in [3.8, 4) is 0 Å². The first-order valence-electron chi connectivity index (χ1n) is 5.16. The molecule has 1 aromatic heterocycles. The molecule has 5 nitrogen and oxygen atoms in total. The summed E-state index contributed by atoms with van der Waals surface area (Å²) in [4.78, 5) is 0.663. The third-order valence-corrected chi connectivity index (χ3v) is 3.75. The largest absolute Gasteiger partial charge is 0.398 e. The van der Waals surface area contributed by atoms with Gasteiger partial charge in [-0.1, -0.05) is 11.3 Å². The van der Waals surface area contributed by atoms with Crippen LogP contribution in [0.4, 0.5) is 5.69 Å². The van der Waals surface area contributed by atoms with E-state index < -0.39 is 10.8 Å². The highest BCUT2D eigenvalue weighted by molar-refractivity contribution is 7.84. The van der Waals surface area contributed by atoms with E-state index in [0.717, 1.165) is 5.56 Å². The number of aryl methyl sites for hydroxylation is 2. The van der Waals surface area contributed by atoms with Crippen molar-refractivity contribution in [2.24, 2.45) is 7.05 Å². The molecule has 0 saturated heterocycles. The van der Waals surface area contributed by atoms with Gasteiger partial charge in [-0.25, -0.2) is 0 Å². The third-order valence-electron chi connectivity index (χ3n) is 2.34. The summed E-state index contributed by atoms with van der Waals surface area (Å²) >= 11 is 0. The standard InChI is InChI=1S/C11H14N4OS/c1-8-3-4-10(12)11(5-8)17(16)7-9-6-15(2)14-13-9/h3-6H,7,12H2,1-2H3. The first-order chi connectivity index (χ1) is 8.06. The lowest BCUT2D eigenvalue weighted by Gasteiger charge is -2.05. The number of nitrogen functional groups attached to an aromatic ring is 1. The molecule has 0 spiro atoms. The Balaban J connectivity index is 2.22. The van der Waals surface area contributed by atoms with Crippen LogP contribution in [-0.2, 0) is 23.6 Å². The van der Waals surface area contributed by atoms with Crippen molar-refractivity contribution in [3.63, 3.8) is 0 Å². The summed E-state index contributed by atoms with van der Waals surface area (Å²) in [5, 5.41) is 7.72. The molecule has 1 aromatic carbocycles. The second-order valence-corrected chi connectivity index (χ2v) is 5.33. The highest BCUT2D eigenvalue weighted by Crippen LogP contribution is 2.19. The monoisotopic (exact) mass is 250 g/mol. The maximum Gasteiger partial charge on any atom is 0.0955 e. The molecule has 1 unspecified atom stereocenters. The molecule has 1 heterocycles. The van der Waals surface area contributed by atoms with E-state index in [2.05, 4.69) is 10.3 Å². The lowest BCUT2D eigenvalue weighted by atomic mass is 10.2. The van der Waals surface area contributed by atoms with Crippen LogP contribution in [0.1, 0.15) is 11.3 Å². The molecule has 90 valence electrons. The van der Waals surface area contributed by atoms with E-state index in [4.69, 9.17) is 5.73 Å². The van der Waals surface area contributed by atoms with Gasteiger partial charge in [0.15, 0.2) is 0 Å². The van der Waals surface area contributed by atoms with E-state index in [1.807, 2.05) is 19.1 Å². The minimum Gasteiger partial charge on any atom is -0.398 e. The average Bonchev–Trinajstić information content (AvgIpc) is 2.67. The van der Waals surface area contributed by atoms with E-state index in [1.165, 1.54) is 0 Å². The summed E-state index contributed by atoms with van der Waals surface area (Å²) in [7, 11) is 0.594. The Morgan fingerprint density at radius 2 is 2.24 bits per heavy atom. The molecule has 0 aliphatic heterocycles. The number of rotatable bonds is 3. The Bertz CT molecular complexity index is 564. The molecular weight excluding hydrogens is 236 g/mol. The topological polar surface area (TPSA) is 73.8 Å². The summed E-state index contributed by atoms with van der Waals surface area (Å²) in [5.41, 5.74) is 8.11. The SMILES string of the molecule is Cc1ccc(N)c(S(=O)Cc2cn(C)nn2)c1.